The van der Waals surface area contributed by atoms with Gasteiger partial charge in [-0.2, -0.15) is 0 Å². The van der Waals surface area contributed by atoms with Gasteiger partial charge in [0, 0.05) is 0 Å². The van der Waals surface area contributed by atoms with E-state index in [9.17, 15) is 4.79 Å². The minimum Gasteiger partial charge on any atom is -0.457 e. The third kappa shape index (κ3) is 4.62. The Kier molecular flexibility index (Phi) is 5.86. The molecule has 0 amide bonds. The van der Waals surface area contributed by atoms with Crippen LogP contribution in [0, 0.1) is 13.8 Å². The lowest BCUT2D eigenvalue weighted by molar-refractivity contribution is 0.0436. The molecule has 0 aliphatic rings. The lowest BCUT2D eigenvalue weighted by Gasteiger charge is -2.05. The molecule has 19 heavy (non-hydrogen) atoms. The molecule has 1 aromatic heterocycles. The van der Waals surface area contributed by atoms with Crippen LogP contribution in [-0.2, 0) is 11.3 Å². The van der Waals surface area contributed by atoms with Crippen molar-refractivity contribution in [1.29, 1.82) is 0 Å². The number of hydrogen-bond acceptors (Lipinski definition) is 3. The largest absolute Gasteiger partial charge is 0.457 e. The predicted octanol–water partition coefficient (Wildman–Crippen LogP) is 4.28. The molecule has 0 unspecified atom stereocenters. The highest BCUT2D eigenvalue weighted by atomic mass is 16.5. The summed E-state index contributed by atoms with van der Waals surface area (Å²) < 4.78 is 10.1. The van der Waals surface area contributed by atoms with Crippen LogP contribution >= 0.6 is 0 Å². The van der Waals surface area contributed by atoms with E-state index in [1.165, 1.54) is 6.26 Å². The molecule has 0 fully saturated rings. The minimum absolute atomic E-state index is 0.231. The SMILES string of the molecule is CC.Cc1cc(C)cc(COC(=O)c2ccco2)c1. The molecule has 0 bridgehead atoms. The Bertz CT molecular complexity index is 493. The number of benzene rings is 1. The molecule has 0 aliphatic heterocycles. The highest BCUT2D eigenvalue weighted by Crippen LogP contribution is 2.11. The summed E-state index contributed by atoms with van der Waals surface area (Å²) in [6.45, 7) is 8.30. The number of carbonyl (C=O) groups excluding carboxylic acids is 1. The number of carbonyl (C=O) groups is 1. The smallest absolute Gasteiger partial charge is 0.374 e. The summed E-state index contributed by atoms with van der Waals surface area (Å²) in [6.07, 6.45) is 1.45. The van der Waals surface area contributed by atoms with Gasteiger partial charge < -0.3 is 9.15 Å². The van der Waals surface area contributed by atoms with Crippen LogP contribution in [0.4, 0.5) is 0 Å². The lowest BCUT2D eigenvalue weighted by Crippen LogP contribution is -2.04. The van der Waals surface area contributed by atoms with Gasteiger partial charge in [0.1, 0.15) is 6.61 Å². The molecule has 0 saturated heterocycles. The second-order valence-electron chi connectivity index (χ2n) is 4.05. The minimum atomic E-state index is -0.436. The van der Waals surface area contributed by atoms with Gasteiger partial charge in [-0.05, 0) is 31.5 Å². The van der Waals surface area contributed by atoms with E-state index in [0.717, 1.165) is 16.7 Å². The van der Waals surface area contributed by atoms with Gasteiger partial charge in [0.25, 0.3) is 0 Å². The molecule has 1 aromatic carbocycles. The maximum absolute atomic E-state index is 11.5. The first kappa shape index (κ1) is 15.0. The van der Waals surface area contributed by atoms with E-state index >= 15 is 0 Å². The zero-order valence-corrected chi connectivity index (χ0v) is 11.9. The standard InChI is InChI=1S/C14H14O3.C2H6/c1-10-6-11(2)8-12(7-10)9-17-14(15)13-4-3-5-16-13;1-2/h3-8H,9H2,1-2H3;1-2H3. The van der Waals surface area contributed by atoms with E-state index in [1.807, 2.05) is 39.8 Å². The van der Waals surface area contributed by atoms with Gasteiger partial charge in [-0.1, -0.05) is 43.2 Å². The molecule has 0 atom stereocenters. The Labute approximate surface area is 114 Å². The average molecular weight is 260 g/mol. The van der Waals surface area contributed by atoms with E-state index in [1.54, 1.807) is 12.1 Å². The molecule has 0 N–H and O–H groups in total. The van der Waals surface area contributed by atoms with E-state index in [2.05, 4.69) is 6.07 Å². The first-order chi connectivity index (χ1) is 9.15. The summed E-state index contributed by atoms with van der Waals surface area (Å²) in [5.74, 6) is -0.205. The fourth-order valence-electron chi connectivity index (χ4n) is 1.77. The summed E-state index contributed by atoms with van der Waals surface area (Å²) in [5, 5.41) is 0. The zero-order chi connectivity index (χ0) is 14.3. The summed E-state index contributed by atoms with van der Waals surface area (Å²) in [7, 11) is 0. The normalized spacial score (nSPS) is 9.47. The van der Waals surface area contributed by atoms with Crippen molar-refractivity contribution < 1.29 is 13.9 Å². The molecule has 102 valence electrons. The Morgan fingerprint density at radius 2 is 1.79 bits per heavy atom. The van der Waals surface area contributed by atoms with Gasteiger partial charge in [-0.15, -0.1) is 0 Å². The second-order valence-corrected chi connectivity index (χ2v) is 4.05. The van der Waals surface area contributed by atoms with Crippen molar-refractivity contribution in [1.82, 2.24) is 0 Å². The van der Waals surface area contributed by atoms with Crippen molar-refractivity contribution in [3.63, 3.8) is 0 Å². The van der Waals surface area contributed by atoms with Crippen LogP contribution in [0.25, 0.3) is 0 Å². The second kappa shape index (κ2) is 7.41. The van der Waals surface area contributed by atoms with Crippen LogP contribution in [0.3, 0.4) is 0 Å². The average Bonchev–Trinajstić information content (AvgIpc) is 2.91. The zero-order valence-electron chi connectivity index (χ0n) is 11.9. The number of rotatable bonds is 3. The predicted molar refractivity (Wildman–Crippen MR) is 75.1 cm³/mol. The van der Waals surface area contributed by atoms with E-state index in [-0.39, 0.29) is 12.4 Å². The monoisotopic (exact) mass is 260 g/mol. The molecule has 3 nitrogen and oxygen atoms in total. The van der Waals surface area contributed by atoms with Crippen LogP contribution in [0.1, 0.15) is 41.1 Å². The summed E-state index contributed by atoms with van der Waals surface area (Å²) >= 11 is 0. The molecule has 0 spiro atoms. The van der Waals surface area contributed by atoms with Crippen LogP contribution in [0.15, 0.2) is 41.0 Å². The Balaban J connectivity index is 0.000000861. The highest BCUT2D eigenvalue weighted by molar-refractivity contribution is 5.86. The maximum atomic E-state index is 11.5. The number of hydrogen-bond donors (Lipinski definition) is 0. The number of furan rings is 1. The van der Waals surface area contributed by atoms with Crippen molar-refractivity contribution in [3.8, 4) is 0 Å². The molecular formula is C16H20O3. The van der Waals surface area contributed by atoms with Crippen LogP contribution in [-0.4, -0.2) is 5.97 Å². The van der Waals surface area contributed by atoms with Crippen LogP contribution < -0.4 is 0 Å². The molecule has 0 saturated carbocycles. The van der Waals surface area contributed by atoms with Gasteiger partial charge in [0.2, 0.25) is 5.76 Å². The van der Waals surface area contributed by atoms with Gasteiger partial charge in [-0.25, -0.2) is 4.79 Å². The van der Waals surface area contributed by atoms with E-state index < -0.39 is 5.97 Å². The van der Waals surface area contributed by atoms with E-state index in [0.29, 0.717) is 0 Å². The summed E-state index contributed by atoms with van der Waals surface area (Å²) in [5.41, 5.74) is 3.31. The van der Waals surface area contributed by atoms with Crippen molar-refractivity contribution in [2.45, 2.75) is 34.3 Å². The topological polar surface area (TPSA) is 39.4 Å². The summed E-state index contributed by atoms with van der Waals surface area (Å²) in [6, 6.07) is 9.33. The molecule has 2 rings (SSSR count). The highest BCUT2D eigenvalue weighted by Gasteiger charge is 2.09. The molecule has 2 aromatic rings. The van der Waals surface area contributed by atoms with Crippen molar-refractivity contribution >= 4 is 5.97 Å². The van der Waals surface area contributed by atoms with Gasteiger partial charge in [0.05, 0.1) is 6.26 Å². The Morgan fingerprint density at radius 1 is 1.16 bits per heavy atom. The Morgan fingerprint density at radius 3 is 2.32 bits per heavy atom. The quantitative estimate of drug-likeness (QED) is 0.773. The molecule has 0 aliphatic carbocycles. The van der Waals surface area contributed by atoms with Gasteiger partial charge in [0.15, 0.2) is 0 Å². The van der Waals surface area contributed by atoms with Gasteiger partial charge >= 0.3 is 5.97 Å². The van der Waals surface area contributed by atoms with Crippen molar-refractivity contribution in [2.75, 3.05) is 0 Å². The Hall–Kier alpha value is -2.03. The summed E-state index contributed by atoms with van der Waals surface area (Å²) in [4.78, 5) is 11.5. The molecule has 1 heterocycles. The first-order valence-electron chi connectivity index (χ1n) is 6.43. The van der Waals surface area contributed by atoms with Crippen LogP contribution in [0.5, 0.6) is 0 Å². The number of aryl methyl sites for hydroxylation is 2. The van der Waals surface area contributed by atoms with Crippen molar-refractivity contribution in [3.05, 3.63) is 59.0 Å². The van der Waals surface area contributed by atoms with E-state index in [4.69, 9.17) is 9.15 Å². The number of esters is 1. The molecule has 3 heteroatoms. The van der Waals surface area contributed by atoms with Gasteiger partial charge in [-0.3, -0.25) is 0 Å². The van der Waals surface area contributed by atoms with Crippen LogP contribution in [0.2, 0.25) is 0 Å². The third-order valence-electron chi connectivity index (χ3n) is 2.37. The molecular weight excluding hydrogens is 240 g/mol. The lowest BCUT2D eigenvalue weighted by atomic mass is 10.1. The number of ether oxygens (including phenoxy) is 1. The fourth-order valence-corrected chi connectivity index (χ4v) is 1.77. The third-order valence-corrected chi connectivity index (χ3v) is 2.37. The fraction of sp³-hybridized carbons (Fsp3) is 0.312. The van der Waals surface area contributed by atoms with Crippen molar-refractivity contribution in [2.24, 2.45) is 0 Å². The first-order valence-corrected chi connectivity index (χ1v) is 6.43. The maximum Gasteiger partial charge on any atom is 0.374 e. The molecule has 0 radical (unpaired) electrons.